The van der Waals surface area contributed by atoms with Crippen molar-refractivity contribution in [2.24, 2.45) is 0 Å². The summed E-state index contributed by atoms with van der Waals surface area (Å²) in [4.78, 5) is 16.8. The number of benzene rings is 2. The number of aromatic nitrogens is 1. The highest BCUT2D eigenvalue weighted by Gasteiger charge is 2.11. The van der Waals surface area contributed by atoms with E-state index in [4.69, 9.17) is 4.74 Å². The van der Waals surface area contributed by atoms with Gasteiger partial charge in [0.15, 0.2) is 0 Å². The van der Waals surface area contributed by atoms with Crippen LogP contribution in [-0.4, -0.2) is 23.8 Å². The number of hydrogen-bond acceptors (Lipinski definition) is 5. The lowest BCUT2D eigenvalue weighted by Crippen LogP contribution is -2.14. The van der Waals surface area contributed by atoms with Crippen molar-refractivity contribution in [2.45, 2.75) is 11.9 Å². The van der Waals surface area contributed by atoms with E-state index >= 15 is 0 Å². The van der Waals surface area contributed by atoms with E-state index in [-0.39, 0.29) is 11.7 Å². The maximum absolute atomic E-state index is 12.2. The Hall–Kier alpha value is -3.30. The van der Waals surface area contributed by atoms with Gasteiger partial charge >= 0.3 is 0 Å². The number of amides is 1. The van der Waals surface area contributed by atoms with E-state index in [1.807, 2.05) is 55.5 Å². The Kier molecular flexibility index (Phi) is 6.30. The molecule has 1 aromatic heterocycles. The smallest absolute Gasteiger partial charge is 0.234 e. The summed E-state index contributed by atoms with van der Waals surface area (Å²) in [7, 11) is 1.62. The molecule has 0 aliphatic heterocycles. The molecule has 1 N–H and O–H groups in total. The van der Waals surface area contributed by atoms with Gasteiger partial charge in [-0.05, 0) is 55.5 Å². The molecule has 28 heavy (non-hydrogen) atoms. The molecule has 5 nitrogen and oxygen atoms in total. The maximum atomic E-state index is 12.2. The first-order valence-corrected chi connectivity index (χ1v) is 9.62. The number of anilines is 1. The number of hydrogen-bond donors (Lipinski definition) is 1. The average Bonchev–Trinajstić information content (AvgIpc) is 2.73. The average molecular weight is 389 g/mol. The highest BCUT2D eigenvalue weighted by atomic mass is 32.2. The summed E-state index contributed by atoms with van der Waals surface area (Å²) in [5.74, 6) is 0.788. The molecule has 0 atom stereocenters. The summed E-state index contributed by atoms with van der Waals surface area (Å²) in [6.07, 6.45) is 0. The van der Waals surface area contributed by atoms with Crippen molar-refractivity contribution in [3.63, 3.8) is 0 Å². The van der Waals surface area contributed by atoms with Gasteiger partial charge in [0.05, 0.1) is 24.1 Å². The van der Waals surface area contributed by atoms with Gasteiger partial charge in [-0.3, -0.25) is 4.79 Å². The number of thioether (sulfide) groups is 1. The molecule has 1 heterocycles. The fourth-order valence-corrected chi connectivity index (χ4v) is 3.30. The van der Waals surface area contributed by atoms with Crippen LogP contribution in [0.2, 0.25) is 0 Å². The van der Waals surface area contributed by atoms with Gasteiger partial charge in [-0.2, -0.15) is 5.26 Å². The number of methoxy groups -OCH3 is 1. The lowest BCUT2D eigenvalue weighted by Gasteiger charge is -2.08. The van der Waals surface area contributed by atoms with Crippen LogP contribution in [0.5, 0.6) is 5.75 Å². The van der Waals surface area contributed by atoms with E-state index in [0.717, 1.165) is 28.3 Å². The molecule has 0 aliphatic carbocycles. The zero-order valence-electron chi connectivity index (χ0n) is 15.6. The van der Waals surface area contributed by atoms with E-state index in [1.54, 1.807) is 19.2 Å². The Bertz CT molecular complexity index is 1010. The van der Waals surface area contributed by atoms with Crippen LogP contribution in [0.3, 0.4) is 0 Å². The number of carbonyl (C=O) groups excluding carboxylic acids is 1. The van der Waals surface area contributed by atoms with Gasteiger partial charge in [0, 0.05) is 11.3 Å². The maximum Gasteiger partial charge on any atom is 0.234 e. The molecular formula is C22H19N3O2S. The predicted octanol–water partition coefficient (Wildman–Crippen LogP) is 4.67. The number of rotatable bonds is 6. The third-order valence-corrected chi connectivity index (χ3v) is 5.03. The zero-order chi connectivity index (χ0) is 19.9. The van der Waals surface area contributed by atoms with Crippen LogP contribution in [0.4, 0.5) is 5.69 Å². The Labute approximate surface area is 168 Å². The number of nitrogens with zero attached hydrogens (tertiary/aromatic N) is 2. The fourth-order valence-electron chi connectivity index (χ4n) is 2.53. The molecule has 0 saturated heterocycles. The third-order valence-electron chi connectivity index (χ3n) is 4.04. The monoisotopic (exact) mass is 389 g/mol. The second-order valence-electron chi connectivity index (χ2n) is 6.09. The topological polar surface area (TPSA) is 75.0 Å². The Morgan fingerprint density at radius 2 is 1.82 bits per heavy atom. The molecule has 0 saturated carbocycles. The van der Waals surface area contributed by atoms with Crippen LogP contribution in [0.15, 0.2) is 65.7 Å². The minimum atomic E-state index is -0.144. The minimum absolute atomic E-state index is 0.144. The predicted molar refractivity (Wildman–Crippen MR) is 111 cm³/mol. The summed E-state index contributed by atoms with van der Waals surface area (Å²) in [6.45, 7) is 1.99. The highest BCUT2D eigenvalue weighted by Crippen LogP contribution is 2.26. The molecule has 2 aromatic carbocycles. The largest absolute Gasteiger partial charge is 0.497 e. The normalized spacial score (nSPS) is 10.2. The first-order chi connectivity index (χ1) is 13.6. The van der Waals surface area contributed by atoms with Crippen LogP contribution >= 0.6 is 11.8 Å². The van der Waals surface area contributed by atoms with Crippen LogP contribution in [0.1, 0.15) is 11.1 Å². The molecule has 0 aliphatic rings. The minimum Gasteiger partial charge on any atom is -0.497 e. The van der Waals surface area contributed by atoms with Gasteiger partial charge in [0.2, 0.25) is 5.91 Å². The van der Waals surface area contributed by atoms with Crippen molar-refractivity contribution in [3.8, 4) is 23.1 Å². The van der Waals surface area contributed by atoms with Crippen LogP contribution in [0.25, 0.3) is 11.3 Å². The number of nitrogens with one attached hydrogen (secondary N) is 1. The van der Waals surface area contributed by atoms with Gasteiger partial charge in [0.25, 0.3) is 0 Å². The summed E-state index contributed by atoms with van der Waals surface area (Å²) in [5, 5.41) is 12.7. The lowest BCUT2D eigenvalue weighted by molar-refractivity contribution is -0.113. The Balaban J connectivity index is 1.72. The first-order valence-electron chi connectivity index (χ1n) is 8.64. The number of carbonyl (C=O) groups is 1. The van der Waals surface area contributed by atoms with Crippen molar-refractivity contribution in [1.82, 2.24) is 4.98 Å². The summed E-state index contributed by atoms with van der Waals surface area (Å²) >= 11 is 1.25. The molecule has 1 amide bonds. The van der Waals surface area contributed by atoms with E-state index in [1.165, 1.54) is 11.8 Å². The standard InChI is InChI=1S/C22H19N3O2S/c1-15-3-8-18(9-4-15)24-21(26)14-28-22-17(13-23)7-12-20(25-22)16-5-10-19(27-2)11-6-16/h3-12H,14H2,1-2H3,(H,24,26). The highest BCUT2D eigenvalue weighted by molar-refractivity contribution is 8.00. The summed E-state index contributed by atoms with van der Waals surface area (Å²) in [6, 6.07) is 20.8. The van der Waals surface area contributed by atoms with Gasteiger partial charge in [-0.1, -0.05) is 29.5 Å². The van der Waals surface area contributed by atoms with Gasteiger partial charge < -0.3 is 10.1 Å². The van der Waals surface area contributed by atoms with E-state index in [9.17, 15) is 10.1 Å². The molecule has 0 fully saturated rings. The van der Waals surface area contributed by atoms with E-state index < -0.39 is 0 Å². The lowest BCUT2D eigenvalue weighted by atomic mass is 10.1. The number of nitriles is 1. The SMILES string of the molecule is COc1ccc(-c2ccc(C#N)c(SCC(=O)Nc3ccc(C)cc3)n2)cc1. The molecule has 0 radical (unpaired) electrons. The van der Waals surface area contributed by atoms with Gasteiger partial charge in [-0.25, -0.2) is 4.98 Å². The fraction of sp³-hybridized carbons (Fsp3) is 0.136. The van der Waals surface area contributed by atoms with Gasteiger partial charge in [0.1, 0.15) is 16.8 Å². The van der Waals surface area contributed by atoms with E-state index in [0.29, 0.717) is 10.6 Å². The quantitative estimate of drug-likeness (QED) is 0.620. The van der Waals surface area contributed by atoms with Crippen LogP contribution in [0, 0.1) is 18.3 Å². The second kappa shape index (κ2) is 9.07. The molecule has 6 heteroatoms. The molecule has 0 bridgehead atoms. The van der Waals surface area contributed by atoms with Crippen molar-refractivity contribution >= 4 is 23.4 Å². The third kappa shape index (κ3) is 4.90. The van der Waals surface area contributed by atoms with E-state index in [2.05, 4.69) is 16.4 Å². The van der Waals surface area contributed by atoms with Crippen molar-refractivity contribution in [1.29, 1.82) is 5.26 Å². The molecule has 0 spiro atoms. The first kappa shape index (κ1) is 19.5. The number of ether oxygens (including phenoxy) is 1. The molecule has 140 valence electrons. The van der Waals surface area contributed by atoms with Crippen LogP contribution < -0.4 is 10.1 Å². The second-order valence-corrected chi connectivity index (χ2v) is 7.06. The van der Waals surface area contributed by atoms with Crippen molar-refractivity contribution < 1.29 is 9.53 Å². The number of pyridine rings is 1. The Morgan fingerprint density at radius 1 is 1.11 bits per heavy atom. The Morgan fingerprint density at radius 3 is 2.46 bits per heavy atom. The molecule has 3 rings (SSSR count). The number of aryl methyl sites for hydroxylation is 1. The molecular weight excluding hydrogens is 370 g/mol. The molecule has 0 unspecified atom stereocenters. The zero-order valence-corrected chi connectivity index (χ0v) is 16.4. The summed E-state index contributed by atoms with van der Waals surface area (Å²) in [5.41, 5.74) is 3.98. The van der Waals surface area contributed by atoms with Crippen LogP contribution in [-0.2, 0) is 4.79 Å². The molecule has 3 aromatic rings. The summed E-state index contributed by atoms with van der Waals surface area (Å²) < 4.78 is 5.17. The van der Waals surface area contributed by atoms with Crippen molar-refractivity contribution in [2.75, 3.05) is 18.2 Å². The van der Waals surface area contributed by atoms with Gasteiger partial charge in [-0.15, -0.1) is 0 Å². The van der Waals surface area contributed by atoms with Crippen molar-refractivity contribution in [3.05, 3.63) is 71.8 Å².